The van der Waals surface area contributed by atoms with E-state index in [0.29, 0.717) is 19.1 Å². The minimum Gasteiger partial charge on any atom is -0.493 e. The first kappa shape index (κ1) is 20.5. The van der Waals surface area contributed by atoms with Crippen molar-refractivity contribution in [2.75, 3.05) is 13.2 Å². The maximum absolute atomic E-state index is 10.8. The highest BCUT2D eigenvalue weighted by atomic mass is 16.5. The first-order chi connectivity index (χ1) is 13.1. The second kappa shape index (κ2) is 11.0. The molecule has 1 N–H and O–H groups in total. The topological polar surface area (TPSA) is 59.9 Å². The Balaban J connectivity index is 1.71. The van der Waals surface area contributed by atoms with Crippen LogP contribution in [0.2, 0.25) is 0 Å². The summed E-state index contributed by atoms with van der Waals surface area (Å²) in [5.41, 5.74) is 4.58. The van der Waals surface area contributed by atoms with Gasteiger partial charge in [-0.1, -0.05) is 38.1 Å². The molecule has 0 radical (unpaired) electrons. The number of ether oxygens (including phenoxy) is 2. The van der Waals surface area contributed by atoms with E-state index in [4.69, 9.17) is 9.47 Å². The fourth-order valence-electron chi connectivity index (χ4n) is 2.45. The summed E-state index contributed by atoms with van der Waals surface area (Å²) in [6, 6.07) is 15.9. The Kier molecular flexibility index (Phi) is 8.36. The number of hydrogen-bond acceptors (Lipinski definition) is 4. The molecule has 0 saturated carbocycles. The number of nitrogens with one attached hydrogen (secondary N) is 1. The van der Waals surface area contributed by atoms with E-state index in [0.717, 1.165) is 29.9 Å². The lowest BCUT2D eigenvalue weighted by Crippen LogP contribution is -2.12. The van der Waals surface area contributed by atoms with E-state index in [2.05, 4.69) is 36.5 Å². The Morgan fingerprint density at radius 1 is 1.11 bits per heavy atom. The highest BCUT2D eigenvalue weighted by Gasteiger charge is 2.03. The van der Waals surface area contributed by atoms with Crippen LogP contribution < -0.4 is 14.9 Å². The van der Waals surface area contributed by atoms with E-state index >= 15 is 0 Å². The van der Waals surface area contributed by atoms with E-state index in [1.165, 1.54) is 12.5 Å². The van der Waals surface area contributed by atoms with Crippen LogP contribution in [-0.2, 0) is 4.79 Å². The number of nitrogens with zero attached hydrogens (tertiary/aromatic N) is 1. The number of carbonyl (C=O) groups is 1. The molecule has 0 aliphatic carbocycles. The van der Waals surface area contributed by atoms with Crippen molar-refractivity contribution in [1.29, 1.82) is 0 Å². The van der Waals surface area contributed by atoms with Gasteiger partial charge in [0.15, 0.2) is 0 Å². The third-order valence-electron chi connectivity index (χ3n) is 4.18. The molecule has 1 atom stereocenters. The first-order valence-corrected chi connectivity index (χ1v) is 9.33. The molecule has 0 heterocycles. The Morgan fingerprint density at radius 3 is 2.48 bits per heavy atom. The molecule has 0 aliphatic heterocycles. The molecular formula is C22H28N2O3. The number of amides is 1. The molecule has 27 heavy (non-hydrogen) atoms. The van der Waals surface area contributed by atoms with Gasteiger partial charge in [0.05, 0.1) is 19.4 Å². The Labute approximate surface area is 161 Å². The second-order valence-corrected chi connectivity index (χ2v) is 6.43. The third-order valence-corrected chi connectivity index (χ3v) is 4.18. The zero-order valence-electron chi connectivity index (χ0n) is 16.3. The molecule has 1 amide bonds. The molecule has 2 aromatic carbocycles. The summed E-state index contributed by atoms with van der Waals surface area (Å²) in [6.45, 7) is 7.01. The van der Waals surface area contributed by atoms with Crippen molar-refractivity contribution in [3.8, 4) is 11.5 Å². The summed E-state index contributed by atoms with van der Waals surface area (Å²) in [6.07, 6.45) is 3.51. The normalized spacial score (nSPS) is 12.0. The average Bonchev–Trinajstić information content (AvgIpc) is 2.67. The molecule has 144 valence electrons. The summed E-state index contributed by atoms with van der Waals surface area (Å²) in [5, 5.41) is 3.85. The molecule has 5 nitrogen and oxygen atoms in total. The quantitative estimate of drug-likeness (QED) is 0.381. The SMILES string of the molecule is CC[C@@H](C)c1ccc(OCCCOc2cccc(/C=N\NC(C)=O)c2)cc1. The maximum atomic E-state index is 10.8. The smallest absolute Gasteiger partial charge is 0.236 e. The van der Waals surface area contributed by atoms with E-state index < -0.39 is 0 Å². The van der Waals surface area contributed by atoms with Gasteiger partial charge in [0.25, 0.3) is 0 Å². The van der Waals surface area contributed by atoms with Gasteiger partial charge >= 0.3 is 0 Å². The first-order valence-electron chi connectivity index (χ1n) is 9.33. The highest BCUT2D eigenvalue weighted by molar-refractivity contribution is 5.82. The summed E-state index contributed by atoms with van der Waals surface area (Å²) in [5.74, 6) is 2.03. The molecule has 0 aliphatic rings. The molecular weight excluding hydrogens is 340 g/mol. The van der Waals surface area contributed by atoms with Crippen LogP contribution in [0.25, 0.3) is 0 Å². The van der Waals surface area contributed by atoms with Gasteiger partial charge in [0, 0.05) is 13.3 Å². The van der Waals surface area contributed by atoms with Gasteiger partial charge in [-0.25, -0.2) is 5.43 Å². The highest BCUT2D eigenvalue weighted by Crippen LogP contribution is 2.21. The van der Waals surface area contributed by atoms with Crippen LogP contribution in [0.1, 0.15) is 50.7 Å². The van der Waals surface area contributed by atoms with Crippen molar-refractivity contribution in [2.45, 2.75) is 39.5 Å². The molecule has 2 rings (SSSR count). The molecule has 0 saturated heterocycles. The maximum Gasteiger partial charge on any atom is 0.236 e. The summed E-state index contributed by atoms with van der Waals surface area (Å²) < 4.78 is 11.5. The van der Waals surface area contributed by atoms with Crippen LogP contribution in [0.4, 0.5) is 0 Å². The van der Waals surface area contributed by atoms with E-state index in [1.54, 1.807) is 6.21 Å². The van der Waals surface area contributed by atoms with Crippen LogP contribution in [-0.4, -0.2) is 25.3 Å². The zero-order chi connectivity index (χ0) is 19.5. The van der Waals surface area contributed by atoms with Gasteiger partial charge in [-0.15, -0.1) is 0 Å². The third kappa shape index (κ3) is 7.52. The van der Waals surface area contributed by atoms with Crippen molar-refractivity contribution in [2.24, 2.45) is 5.10 Å². The van der Waals surface area contributed by atoms with Crippen molar-refractivity contribution < 1.29 is 14.3 Å². The molecule has 0 spiro atoms. The number of hydrogen-bond donors (Lipinski definition) is 1. The van der Waals surface area contributed by atoms with E-state index in [-0.39, 0.29) is 5.91 Å². The van der Waals surface area contributed by atoms with Crippen LogP contribution in [0.15, 0.2) is 53.6 Å². The van der Waals surface area contributed by atoms with Crippen molar-refractivity contribution >= 4 is 12.1 Å². The molecule has 0 bridgehead atoms. The van der Waals surface area contributed by atoms with Crippen molar-refractivity contribution in [3.63, 3.8) is 0 Å². The van der Waals surface area contributed by atoms with Crippen LogP contribution in [0, 0.1) is 0 Å². The minimum absolute atomic E-state index is 0.201. The largest absolute Gasteiger partial charge is 0.493 e. The minimum atomic E-state index is -0.201. The van der Waals surface area contributed by atoms with Crippen molar-refractivity contribution in [1.82, 2.24) is 5.43 Å². The van der Waals surface area contributed by atoms with Gasteiger partial charge in [0.1, 0.15) is 11.5 Å². The van der Waals surface area contributed by atoms with E-state index in [9.17, 15) is 4.79 Å². The fourth-order valence-corrected chi connectivity index (χ4v) is 2.45. The number of rotatable bonds is 10. The van der Waals surface area contributed by atoms with Gasteiger partial charge in [-0.3, -0.25) is 4.79 Å². The summed E-state index contributed by atoms with van der Waals surface area (Å²) in [7, 11) is 0. The second-order valence-electron chi connectivity index (χ2n) is 6.43. The molecule has 0 unspecified atom stereocenters. The lowest BCUT2D eigenvalue weighted by atomic mass is 9.99. The van der Waals surface area contributed by atoms with Gasteiger partial charge < -0.3 is 9.47 Å². The predicted octanol–water partition coefficient (Wildman–Crippen LogP) is 4.52. The van der Waals surface area contributed by atoms with Crippen LogP contribution >= 0.6 is 0 Å². The number of hydrazone groups is 1. The lowest BCUT2D eigenvalue weighted by Gasteiger charge is -2.11. The van der Waals surface area contributed by atoms with Crippen molar-refractivity contribution in [3.05, 3.63) is 59.7 Å². The van der Waals surface area contributed by atoms with Gasteiger partial charge in [0.2, 0.25) is 5.91 Å². The molecule has 0 fully saturated rings. The van der Waals surface area contributed by atoms with Crippen LogP contribution in [0.5, 0.6) is 11.5 Å². The molecule has 0 aromatic heterocycles. The number of carbonyl (C=O) groups excluding carboxylic acids is 1. The standard InChI is InChI=1S/C22H28N2O3/c1-4-17(2)20-9-11-21(12-10-20)26-13-6-14-27-22-8-5-7-19(15-22)16-23-24-18(3)25/h5,7-12,15-17H,4,6,13-14H2,1-3H3,(H,24,25)/b23-16-/t17-/m1/s1. The summed E-state index contributed by atoms with van der Waals surface area (Å²) in [4.78, 5) is 10.8. The fraction of sp³-hybridized carbons (Fsp3) is 0.364. The predicted molar refractivity (Wildman–Crippen MR) is 109 cm³/mol. The molecule has 2 aromatic rings. The zero-order valence-corrected chi connectivity index (χ0v) is 16.3. The average molecular weight is 368 g/mol. The molecule has 5 heteroatoms. The Morgan fingerprint density at radius 2 is 1.81 bits per heavy atom. The van der Waals surface area contributed by atoms with Gasteiger partial charge in [-0.05, 0) is 47.7 Å². The Hall–Kier alpha value is -2.82. The van der Waals surface area contributed by atoms with E-state index in [1.807, 2.05) is 36.4 Å². The Bertz CT molecular complexity index is 741. The van der Waals surface area contributed by atoms with Gasteiger partial charge in [-0.2, -0.15) is 5.10 Å². The monoisotopic (exact) mass is 368 g/mol. The lowest BCUT2D eigenvalue weighted by molar-refractivity contribution is -0.118. The summed E-state index contributed by atoms with van der Waals surface area (Å²) >= 11 is 0. The number of benzene rings is 2. The van der Waals surface area contributed by atoms with Crippen LogP contribution in [0.3, 0.4) is 0 Å².